The van der Waals surface area contributed by atoms with E-state index in [0.717, 1.165) is 50.4 Å². The van der Waals surface area contributed by atoms with Gasteiger partial charge in [-0.05, 0) is 62.6 Å². The second-order valence-corrected chi connectivity index (χ2v) is 8.71. The van der Waals surface area contributed by atoms with Gasteiger partial charge in [-0.3, -0.25) is 14.2 Å². The summed E-state index contributed by atoms with van der Waals surface area (Å²) in [5.41, 5.74) is 1.33. The van der Waals surface area contributed by atoms with E-state index in [1.165, 1.54) is 25.7 Å². The molecule has 0 radical (unpaired) electrons. The van der Waals surface area contributed by atoms with E-state index in [2.05, 4.69) is 6.92 Å². The predicted molar refractivity (Wildman–Crippen MR) is 112 cm³/mol. The van der Waals surface area contributed by atoms with E-state index in [9.17, 15) is 9.59 Å². The summed E-state index contributed by atoms with van der Waals surface area (Å²) in [4.78, 5) is 32.7. The van der Waals surface area contributed by atoms with Gasteiger partial charge in [0, 0.05) is 31.6 Å². The molecular weight excluding hydrogens is 350 g/mol. The van der Waals surface area contributed by atoms with Crippen molar-refractivity contribution in [2.75, 3.05) is 7.05 Å². The third-order valence-corrected chi connectivity index (χ3v) is 6.67. The van der Waals surface area contributed by atoms with Crippen molar-refractivity contribution >= 4 is 16.8 Å². The van der Waals surface area contributed by atoms with E-state index in [-0.39, 0.29) is 11.5 Å². The predicted octanol–water partition coefficient (Wildman–Crippen LogP) is 4.16. The van der Waals surface area contributed by atoms with Crippen molar-refractivity contribution in [3.05, 3.63) is 39.9 Å². The lowest BCUT2D eigenvalue weighted by atomic mass is 9.86. The number of aryl methyl sites for hydroxylation is 1. The fraction of sp³-hybridized carbons (Fsp3) is 0.609. The fourth-order valence-electron chi connectivity index (χ4n) is 4.73. The molecule has 1 aromatic carbocycles. The number of rotatable bonds is 2. The molecule has 5 nitrogen and oxygen atoms in total. The highest BCUT2D eigenvalue weighted by Gasteiger charge is 2.26. The molecule has 4 rings (SSSR count). The van der Waals surface area contributed by atoms with Crippen LogP contribution in [0.5, 0.6) is 0 Å². The average Bonchev–Trinajstić information content (AvgIpc) is 2.68. The Hall–Kier alpha value is -2.17. The maximum Gasteiger partial charge on any atom is 0.261 e. The van der Waals surface area contributed by atoms with Gasteiger partial charge in [-0.1, -0.05) is 19.8 Å². The minimum atomic E-state index is 0.0371. The standard InChI is InChI=1S/C23H31N3O2/c1-16-8-11-18(12-9-16)25(2)22(27)17-10-13-19-20(15-17)24-21-7-5-3-4-6-14-26(21)23(19)28/h10,13,15-16,18H,3-9,11-12,14H2,1-2H3. The Bertz CT molecular complexity index is 925. The zero-order valence-electron chi connectivity index (χ0n) is 17.1. The Morgan fingerprint density at radius 2 is 1.86 bits per heavy atom. The van der Waals surface area contributed by atoms with Gasteiger partial charge in [0.05, 0.1) is 10.9 Å². The van der Waals surface area contributed by atoms with Crippen molar-refractivity contribution < 1.29 is 4.79 Å². The number of carbonyl (C=O) groups is 1. The lowest BCUT2D eigenvalue weighted by molar-refractivity contribution is 0.0679. The van der Waals surface area contributed by atoms with Gasteiger partial charge < -0.3 is 4.90 Å². The molecule has 28 heavy (non-hydrogen) atoms. The maximum absolute atomic E-state index is 13.1. The first kappa shape index (κ1) is 19.2. The average molecular weight is 382 g/mol. The molecule has 2 aromatic rings. The molecule has 1 amide bonds. The van der Waals surface area contributed by atoms with Crippen LogP contribution in [0, 0.1) is 5.92 Å². The molecule has 0 spiro atoms. The molecule has 5 heteroatoms. The summed E-state index contributed by atoms with van der Waals surface area (Å²) in [5, 5.41) is 0.620. The summed E-state index contributed by atoms with van der Waals surface area (Å²) in [7, 11) is 1.91. The summed E-state index contributed by atoms with van der Waals surface area (Å²) in [6.07, 6.45) is 9.81. The lowest BCUT2D eigenvalue weighted by Gasteiger charge is -2.33. The van der Waals surface area contributed by atoms with Gasteiger partial charge in [0.1, 0.15) is 5.82 Å². The number of hydrogen-bond donors (Lipinski definition) is 0. The SMILES string of the molecule is CC1CCC(N(C)C(=O)c2ccc3c(=O)n4c(nc3c2)CCCCCC4)CC1. The highest BCUT2D eigenvalue weighted by molar-refractivity contribution is 5.97. The molecule has 0 saturated heterocycles. The Kier molecular flexibility index (Phi) is 5.51. The Labute approximate surface area is 166 Å². The Balaban J connectivity index is 1.64. The topological polar surface area (TPSA) is 55.2 Å². The molecule has 1 saturated carbocycles. The summed E-state index contributed by atoms with van der Waals surface area (Å²) >= 11 is 0. The molecule has 1 fully saturated rings. The molecule has 0 unspecified atom stereocenters. The molecule has 150 valence electrons. The maximum atomic E-state index is 13.1. The Morgan fingerprint density at radius 3 is 2.64 bits per heavy atom. The van der Waals surface area contributed by atoms with E-state index in [0.29, 0.717) is 22.5 Å². The second-order valence-electron chi connectivity index (χ2n) is 8.71. The second kappa shape index (κ2) is 8.06. The van der Waals surface area contributed by atoms with Crippen LogP contribution in [0.15, 0.2) is 23.0 Å². The van der Waals surface area contributed by atoms with Gasteiger partial charge >= 0.3 is 0 Å². The molecule has 0 N–H and O–H groups in total. The number of amides is 1. The smallest absolute Gasteiger partial charge is 0.261 e. The highest BCUT2D eigenvalue weighted by Crippen LogP contribution is 2.27. The van der Waals surface area contributed by atoms with E-state index in [1.54, 1.807) is 12.1 Å². The van der Waals surface area contributed by atoms with Crippen LogP contribution in [0.4, 0.5) is 0 Å². The monoisotopic (exact) mass is 381 g/mol. The molecule has 0 atom stereocenters. The zero-order chi connectivity index (χ0) is 19.7. The molecular formula is C23H31N3O2. The van der Waals surface area contributed by atoms with Gasteiger partial charge in [0.2, 0.25) is 0 Å². The van der Waals surface area contributed by atoms with Crippen LogP contribution in [-0.4, -0.2) is 33.4 Å². The number of benzene rings is 1. The molecule has 2 heterocycles. The van der Waals surface area contributed by atoms with Crippen molar-refractivity contribution in [3.63, 3.8) is 0 Å². The van der Waals surface area contributed by atoms with Crippen molar-refractivity contribution in [1.29, 1.82) is 0 Å². The van der Waals surface area contributed by atoms with Crippen LogP contribution in [0.25, 0.3) is 10.9 Å². The first-order valence-corrected chi connectivity index (χ1v) is 10.8. The fourth-order valence-corrected chi connectivity index (χ4v) is 4.73. The van der Waals surface area contributed by atoms with E-state index >= 15 is 0 Å². The van der Waals surface area contributed by atoms with Crippen LogP contribution >= 0.6 is 0 Å². The van der Waals surface area contributed by atoms with Gasteiger partial charge in [-0.25, -0.2) is 4.98 Å². The number of hydrogen-bond acceptors (Lipinski definition) is 3. The minimum absolute atomic E-state index is 0.0371. The van der Waals surface area contributed by atoms with Crippen molar-refractivity contribution in [2.45, 2.75) is 77.3 Å². The van der Waals surface area contributed by atoms with E-state index in [4.69, 9.17) is 4.98 Å². The van der Waals surface area contributed by atoms with Crippen LogP contribution in [0.1, 0.15) is 74.5 Å². The number of aromatic nitrogens is 2. The number of carbonyl (C=O) groups excluding carboxylic acids is 1. The summed E-state index contributed by atoms with van der Waals surface area (Å²) < 4.78 is 1.85. The van der Waals surface area contributed by atoms with E-state index < -0.39 is 0 Å². The first-order chi connectivity index (χ1) is 13.5. The first-order valence-electron chi connectivity index (χ1n) is 10.8. The van der Waals surface area contributed by atoms with Gasteiger partial charge in [-0.2, -0.15) is 0 Å². The largest absolute Gasteiger partial charge is 0.339 e. The van der Waals surface area contributed by atoms with Gasteiger partial charge in [0.25, 0.3) is 11.5 Å². The molecule has 1 aliphatic carbocycles. The van der Waals surface area contributed by atoms with Gasteiger partial charge in [0.15, 0.2) is 0 Å². The normalized spacial score (nSPS) is 22.9. The van der Waals surface area contributed by atoms with Crippen molar-refractivity contribution in [1.82, 2.24) is 14.5 Å². The number of fused-ring (bicyclic) bond motifs is 2. The summed E-state index contributed by atoms with van der Waals surface area (Å²) in [5.74, 6) is 1.67. The van der Waals surface area contributed by atoms with Gasteiger partial charge in [-0.15, -0.1) is 0 Å². The lowest BCUT2D eigenvalue weighted by Crippen LogP contribution is -2.39. The third-order valence-electron chi connectivity index (χ3n) is 6.67. The Morgan fingerprint density at radius 1 is 1.11 bits per heavy atom. The van der Waals surface area contributed by atoms with Crippen LogP contribution in [0.3, 0.4) is 0 Å². The van der Waals surface area contributed by atoms with Crippen molar-refractivity contribution in [3.8, 4) is 0 Å². The number of nitrogens with zero attached hydrogens (tertiary/aromatic N) is 3. The zero-order valence-corrected chi connectivity index (χ0v) is 17.1. The molecule has 1 aromatic heterocycles. The molecule has 1 aliphatic heterocycles. The molecule has 2 aliphatic rings. The van der Waals surface area contributed by atoms with E-state index in [1.807, 2.05) is 22.6 Å². The van der Waals surface area contributed by atoms with Crippen LogP contribution in [-0.2, 0) is 13.0 Å². The van der Waals surface area contributed by atoms with Crippen molar-refractivity contribution in [2.24, 2.45) is 5.92 Å². The third kappa shape index (κ3) is 3.71. The summed E-state index contributed by atoms with van der Waals surface area (Å²) in [6, 6.07) is 5.72. The summed E-state index contributed by atoms with van der Waals surface area (Å²) in [6.45, 7) is 3.04. The highest BCUT2D eigenvalue weighted by atomic mass is 16.2. The molecule has 0 bridgehead atoms. The van der Waals surface area contributed by atoms with Crippen LogP contribution in [0.2, 0.25) is 0 Å². The quantitative estimate of drug-likeness (QED) is 0.785. The minimum Gasteiger partial charge on any atom is -0.339 e. The van der Waals surface area contributed by atoms with Crippen LogP contribution < -0.4 is 5.56 Å².